The van der Waals surface area contributed by atoms with Crippen LogP contribution < -0.4 is 9.64 Å². The average molecular weight is 463 g/mol. The van der Waals surface area contributed by atoms with E-state index in [-0.39, 0.29) is 12.6 Å². The first-order chi connectivity index (χ1) is 16.3. The molecule has 2 atom stereocenters. The number of halogens is 1. The summed E-state index contributed by atoms with van der Waals surface area (Å²) in [6, 6.07) is 10.8. The number of benzene rings is 2. The number of oxazole rings is 1. The first-order valence-corrected chi connectivity index (χ1v) is 10.9. The summed E-state index contributed by atoms with van der Waals surface area (Å²) >= 11 is 0. The zero-order valence-electron chi connectivity index (χ0n) is 18.8. The Balaban J connectivity index is 1.34. The Labute approximate surface area is 194 Å². The second-order valence-corrected chi connectivity index (χ2v) is 8.39. The van der Waals surface area contributed by atoms with Gasteiger partial charge in [0.1, 0.15) is 23.0 Å². The molecule has 3 aromatic rings. The van der Waals surface area contributed by atoms with Crippen molar-refractivity contribution in [3.63, 3.8) is 0 Å². The number of anilines is 1. The van der Waals surface area contributed by atoms with Crippen molar-refractivity contribution in [2.24, 2.45) is 10.3 Å². The van der Waals surface area contributed by atoms with E-state index in [1.807, 2.05) is 38.1 Å². The molecule has 2 amide bonds. The molecule has 2 unspecified atom stereocenters. The molecule has 174 valence electrons. The number of nitrogens with zero attached hydrogens (tertiary/aromatic N) is 5. The number of carbonyl (C=O) groups excluding carboxylic acids is 2. The zero-order chi connectivity index (χ0) is 24.0. The molecule has 9 nitrogen and oxygen atoms in total. The molecule has 0 aliphatic carbocycles. The van der Waals surface area contributed by atoms with Crippen molar-refractivity contribution in [3.05, 3.63) is 65.8 Å². The smallest absolute Gasteiger partial charge is 0.263 e. The minimum absolute atomic E-state index is 0.0732. The highest BCUT2D eigenvalue weighted by Gasteiger charge is 2.54. The molecule has 2 aliphatic rings. The van der Waals surface area contributed by atoms with E-state index in [9.17, 15) is 14.0 Å². The van der Waals surface area contributed by atoms with Gasteiger partial charge in [-0.15, -0.1) is 0 Å². The summed E-state index contributed by atoms with van der Waals surface area (Å²) in [6.07, 6.45) is 0.0732. The first kappa shape index (κ1) is 21.7. The molecule has 5 rings (SSSR count). The SMILES string of the molecule is Cc1oc(-c2ccc(OC(C)C)cc2)nc1CN1N=NC2C(=O)N(c3ccc(F)cc3)C(=O)C21. The van der Waals surface area contributed by atoms with Crippen molar-refractivity contribution >= 4 is 17.5 Å². The number of rotatable bonds is 6. The Bertz CT molecular complexity index is 1270. The number of fused-ring (bicyclic) bond motifs is 1. The van der Waals surface area contributed by atoms with Gasteiger partial charge in [0.05, 0.1) is 18.3 Å². The molecule has 2 aliphatic heterocycles. The van der Waals surface area contributed by atoms with E-state index in [1.165, 1.54) is 29.3 Å². The monoisotopic (exact) mass is 463 g/mol. The molecule has 0 bridgehead atoms. The Hall–Kier alpha value is -4.08. The van der Waals surface area contributed by atoms with Crippen LogP contribution in [-0.2, 0) is 16.1 Å². The lowest BCUT2D eigenvalue weighted by Gasteiger charge is -2.19. The van der Waals surface area contributed by atoms with Crippen LogP contribution in [0.2, 0.25) is 0 Å². The van der Waals surface area contributed by atoms with E-state index >= 15 is 0 Å². The molecule has 10 heteroatoms. The molecule has 2 aromatic carbocycles. The van der Waals surface area contributed by atoms with Crippen molar-refractivity contribution in [2.45, 2.75) is 45.5 Å². The molecule has 0 saturated carbocycles. The predicted molar refractivity (Wildman–Crippen MR) is 119 cm³/mol. The van der Waals surface area contributed by atoms with Crippen LogP contribution in [0.3, 0.4) is 0 Å². The van der Waals surface area contributed by atoms with Gasteiger partial charge in [0.25, 0.3) is 11.8 Å². The summed E-state index contributed by atoms with van der Waals surface area (Å²) in [5, 5.41) is 9.52. The van der Waals surface area contributed by atoms with Crippen molar-refractivity contribution in [2.75, 3.05) is 4.90 Å². The highest BCUT2D eigenvalue weighted by Crippen LogP contribution is 2.33. The van der Waals surface area contributed by atoms with Crippen molar-refractivity contribution in [1.82, 2.24) is 9.99 Å². The van der Waals surface area contributed by atoms with Crippen LogP contribution in [0.15, 0.2) is 63.3 Å². The minimum Gasteiger partial charge on any atom is -0.491 e. The van der Waals surface area contributed by atoms with Crippen molar-refractivity contribution < 1.29 is 23.1 Å². The number of aryl methyl sites for hydroxylation is 1. The van der Waals surface area contributed by atoms with E-state index in [4.69, 9.17) is 9.15 Å². The van der Waals surface area contributed by atoms with Gasteiger partial charge in [-0.3, -0.25) is 14.6 Å². The summed E-state index contributed by atoms with van der Waals surface area (Å²) in [4.78, 5) is 31.5. The lowest BCUT2D eigenvalue weighted by molar-refractivity contribution is -0.123. The Morgan fingerprint density at radius 2 is 1.76 bits per heavy atom. The summed E-state index contributed by atoms with van der Waals surface area (Å²) in [5.74, 6) is 0.342. The molecule has 34 heavy (non-hydrogen) atoms. The van der Waals surface area contributed by atoms with Gasteiger partial charge in [-0.05, 0) is 69.3 Å². The average Bonchev–Trinajstić information content (AvgIpc) is 3.45. The molecule has 1 saturated heterocycles. The van der Waals surface area contributed by atoms with E-state index in [1.54, 1.807) is 6.92 Å². The van der Waals surface area contributed by atoms with Crippen LogP contribution in [0.5, 0.6) is 5.75 Å². The first-order valence-electron chi connectivity index (χ1n) is 10.9. The van der Waals surface area contributed by atoms with Gasteiger partial charge in [-0.2, -0.15) is 5.11 Å². The molecule has 0 spiro atoms. The van der Waals surface area contributed by atoms with Crippen molar-refractivity contribution in [3.8, 4) is 17.2 Å². The molecule has 1 aromatic heterocycles. The molecular formula is C24H22FN5O4. The summed E-state index contributed by atoms with van der Waals surface area (Å²) in [5.41, 5.74) is 1.66. The fourth-order valence-electron chi connectivity index (χ4n) is 4.00. The van der Waals surface area contributed by atoms with Gasteiger partial charge in [0, 0.05) is 5.56 Å². The molecule has 1 fully saturated rings. The highest BCUT2D eigenvalue weighted by molar-refractivity contribution is 6.25. The number of aromatic nitrogens is 1. The van der Waals surface area contributed by atoms with Gasteiger partial charge in [0.2, 0.25) is 5.89 Å². The molecule has 3 heterocycles. The summed E-state index contributed by atoms with van der Waals surface area (Å²) in [6.45, 7) is 5.84. The number of amides is 2. The normalized spacial score (nSPS) is 19.4. The van der Waals surface area contributed by atoms with Crippen molar-refractivity contribution in [1.29, 1.82) is 0 Å². The maximum Gasteiger partial charge on any atom is 0.263 e. The summed E-state index contributed by atoms with van der Waals surface area (Å²) < 4.78 is 24.8. The maximum absolute atomic E-state index is 13.3. The third kappa shape index (κ3) is 3.81. The molecular weight excluding hydrogens is 441 g/mol. The predicted octanol–water partition coefficient (Wildman–Crippen LogP) is 4.07. The summed E-state index contributed by atoms with van der Waals surface area (Å²) in [7, 11) is 0. The Morgan fingerprint density at radius 1 is 1.06 bits per heavy atom. The van der Waals surface area contributed by atoms with Gasteiger partial charge in [-0.1, -0.05) is 5.22 Å². The van der Waals surface area contributed by atoms with E-state index in [0.29, 0.717) is 23.0 Å². The highest BCUT2D eigenvalue weighted by atomic mass is 19.1. The van der Waals surface area contributed by atoms with E-state index in [2.05, 4.69) is 15.3 Å². The van der Waals surface area contributed by atoms with Crippen LogP contribution in [0.4, 0.5) is 10.1 Å². The second kappa shape index (κ2) is 8.36. The number of carbonyl (C=O) groups is 2. The quantitative estimate of drug-likeness (QED) is 0.511. The largest absolute Gasteiger partial charge is 0.491 e. The lowest BCUT2D eigenvalue weighted by Crippen LogP contribution is -2.39. The van der Waals surface area contributed by atoms with Crippen LogP contribution in [-0.4, -0.2) is 40.0 Å². The van der Waals surface area contributed by atoms with Gasteiger partial charge in [0.15, 0.2) is 12.1 Å². The standard InChI is InChI=1S/C24H22FN5O4/c1-13(2)33-18-10-4-15(5-11-18)22-26-19(14(3)34-22)12-29-21-20(27-28-29)23(31)30(24(21)32)17-8-6-16(25)7-9-17/h4-11,13,20-21H,12H2,1-3H3. The number of hydrogen-bond donors (Lipinski definition) is 0. The number of hydrogen-bond acceptors (Lipinski definition) is 8. The topological polar surface area (TPSA) is 101 Å². The van der Waals surface area contributed by atoms with Gasteiger partial charge >= 0.3 is 0 Å². The molecule has 0 radical (unpaired) electrons. The van der Waals surface area contributed by atoms with Gasteiger partial charge < -0.3 is 9.15 Å². The van der Waals surface area contributed by atoms with Crippen LogP contribution >= 0.6 is 0 Å². The van der Waals surface area contributed by atoms with Gasteiger partial charge in [-0.25, -0.2) is 14.3 Å². The fourth-order valence-corrected chi connectivity index (χ4v) is 4.00. The van der Waals surface area contributed by atoms with Crippen LogP contribution in [0.1, 0.15) is 25.3 Å². The zero-order valence-corrected chi connectivity index (χ0v) is 18.8. The maximum atomic E-state index is 13.3. The van der Waals surface area contributed by atoms with Crippen LogP contribution in [0, 0.1) is 12.7 Å². The van der Waals surface area contributed by atoms with Crippen LogP contribution in [0.25, 0.3) is 11.5 Å². The lowest BCUT2D eigenvalue weighted by atomic mass is 10.1. The number of ether oxygens (including phenoxy) is 1. The van der Waals surface area contributed by atoms with E-state index in [0.717, 1.165) is 16.2 Å². The Morgan fingerprint density at radius 3 is 2.44 bits per heavy atom. The fraction of sp³-hybridized carbons (Fsp3) is 0.292. The minimum atomic E-state index is -0.947. The second-order valence-electron chi connectivity index (χ2n) is 8.39. The third-order valence-corrected chi connectivity index (χ3v) is 5.62. The number of imide groups is 1. The van der Waals surface area contributed by atoms with E-state index < -0.39 is 29.7 Å². The Kier molecular flexibility index (Phi) is 5.35. The molecule has 0 N–H and O–H groups in total. The third-order valence-electron chi connectivity index (χ3n) is 5.62.